The number of carbonyl (C=O) groups is 1. The van der Waals surface area contributed by atoms with Gasteiger partial charge in [0.25, 0.3) is 0 Å². The van der Waals surface area contributed by atoms with Crippen molar-refractivity contribution in [1.82, 2.24) is 10.2 Å². The highest BCUT2D eigenvalue weighted by Crippen LogP contribution is 2.16. The summed E-state index contributed by atoms with van der Waals surface area (Å²) in [6.45, 7) is 3.18. The lowest BCUT2D eigenvalue weighted by atomic mass is 10.1. The number of likely N-dealkylation sites (N-methyl/N-ethyl adjacent to an activating group) is 1. The Balaban J connectivity index is 2.38. The zero-order valence-electron chi connectivity index (χ0n) is 11.7. The van der Waals surface area contributed by atoms with Crippen molar-refractivity contribution in [2.75, 3.05) is 33.8 Å². The minimum Gasteiger partial charge on any atom is -0.497 e. The van der Waals surface area contributed by atoms with Gasteiger partial charge in [0.2, 0.25) is 5.91 Å². The predicted molar refractivity (Wildman–Crippen MR) is 74.1 cm³/mol. The summed E-state index contributed by atoms with van der Waals surface area (Å²) in [5.74, 6) is 0.771. The van der Waals surface area contributed by atoms with Crippen LogP contribution in [0.5, 0.6) is 5.75 Å². The van der Waals surface area contributed by atoms with Crippen LogP contribution < -0.4 is 10.1 Å². The highest BCUT2D eigenvalue weighted by molar-refractivity contribution is 5.77. The summed E-state index contributed by atoms with van der Waals surface area (Å²) in [4.78, 5) is 13.2. The molecule has 1 unspecified atom stereocenters. The lowest BCUT2D eigenvalue weighted by Crippen LogP contribution is -2.36. The summed E-state index contributed by atoms with van der Waals surface area (Å²) >= 11 is 0. The molecular weight excluding hydrogens is 244 g/mol. The highest BCUT2D eigenvalue weighted by Gasteiger charge is 2.10. The van der Waals surface area contributed by atoms with E-state index in [2.05, 4.69) is 5.32 Å². The van der Waals surface area contributed by atoms with Crippen LogP contribution in [0.4, 0.5) is 0 Å². The molecule has 0 aliphatic heterocycles. The Morgan fingerprint density at radius 2 is 2.05 bits per heavy atom. The summed E-state index contributed by atoms with van der Waals surface area (Å²) in [5, 5.41) is 12.9. The minimum absolute atomic E-state index is 0.0180. The largest absolute Gasteiger partial charge is 0.497 e. The molecule has 1 aromatic carbocycles. The SMILES string of the molecule is CCN(C)C(=O)CNCC(O)c1ccc(OC)cc1. The summed E-state index contributed by atoms with van der Waals surface area (Å²) in [7, 11) is 3.35. The number of ether oxygens (including phenoxy) is 1. The average Bonchev–Trinajstić information content (AvgIpc) is 2.46. The molecule has 0 bridgehead atoms. The van der Waals surface area contributed by atoms with Crippen molar-refractivity contribution in [2.45, 2.75) is 13.0 Å². The fourth-order valence-corrected chi connectivity index (χ4v) is 1.57. The Hall–Kier alpha value is -1.59. The average molecular weight is 266 g/mol. The van der Waals surface area contributed by atoms with E-state index < -0.39 is 6.10 Å². The van der Waals surface area contributed by atoms with Gasteiger partial charge in [-0.2, -0.15) is 0 Å². The molecular formula is C14H22N2O3. The molecule has 5 heteroatoms. The van der Waals surface area contributed by atoms with E-state index in [0.717, 1.165) is 11.3 Å². The van der Waals surface area contributed by atoms with Crippen LogP contribution in [0, 0.1) is 0 Å². The number of benzene rings is 1. The van der Waals surface area contributed by atoms with Crippen LogP contribution in [0.25, 0.3) is 0 Å². The third-order valence-corrected chi connectivity index (χ3v) is 3.01. The summed E-state index contributed by atoms with van der Waals surface area (Å²) in [5.41, 5.74) is 0.796. The third-order valence-electron chi connectivity index (χ3n) is 3.01. The van der Waals surface area contributed by atoms with Crippen molar-refractivity contribution in [3.05, 3.63) is 29.8 Å². The zero-order chi connectivity index (χ0) is 14.3. The summed E-state index contributed by atoms with van der Waals surface area (Å²) < 4.78 is 5.05. The monoisotopic (exact) mass is 266 g/mol. The van der Waals surface area contributed by atoms with Crippen LogP contribution in [0.15, 0.2) is 24.3 Å². The molecule has 0 saturated heterocycles. The number of aliphatic hydroxyl groups excluding tert-OH is 1. The smallest absolute Gasteiger partial charge is 0.236 e. The van der Waals surface area contributed by atoms with Gasteiger partial charge in [-0.25, -0.2) is 0 Å². The van der Waals surface area contributed by atoms with Gasteiger partial charge in [-0.15, -0.1) is 0 Å². The molecule has 1 aromatic rings. The molecule has 2 N–H and O–H groups in total. The maximum atomic E-state index is 11.5. The quantitative estimate of drug-likeness (QED) is 0.766. The fraction of sp³-hybridized carbons (Fsp3) is 0.500. The summed E-state index contributed by atoms with van der Waals surface area (Å²) in [6, 6.07) is 7.22. The molecule has 0 heterocycles. The van der Waals surface area contributed by atoms with Crippen LogP contribution >= 0.6 is 0 Å². The van der Waals surface area contributed by atoms with Gasteiger partial charge in [0, 0.05) is 20.1 Å². The maximum absolute atomic E-state index is 11.5. The molecule has 5 nitrogen and oxygen atoms in total. The molecule has 0 spiro atoms. The first-order chi connectivity index (χ1) is 9.08. The number of nitrogens with one attached hydrogen (secondary N) is 1. The molecule has 0 aromatic heterocycles. The van der Waals surface area contributed by atoms with E-state index in [0.29, 0.717) is 13.1 Å². The third kappa shape index (κ3) is 4.89. The minimum atomic E-state index is -0.634. The van der Waals surface area contributed by atoms with E-state index in [4.69, 9.17) is 4.74 Å². The number of carbonyl (C=O) groups excluding carboxylic acids is 1. The second-order valence-corrected chi connectivity index (χ2v) is 4.33. The van der Waals surface area contributed by atoms with Crippen LogP contribution in [-0.4, -0.2) is 49.7 Å². The topological polar surface area (TPSA) is 61.8 Å². The van der Waals surface area contributed by atoms with Crippen LogP contribution in [0.3, 0.4) is 0 Å². The fourth-order valence-electron chi connectivity index (χ4n) is 1.57. The molecule has 0 aliphatic rings. The first-order valence-electron chi connectivity index (χ1n) is 6.35. The second-order valence-electron chi connectivity index (χ2n) is 4.33. The number of aliphatic hydroxyl groups is 1. The van der Waals surface area contributed by atoms with Crippen molar-refractivity contribution in [1.29, 1.82) is 0 Å². The van der Waals surface area contributed by atoms with Gasteiger partial charge >= 0.3 is 0 Å². The van der Waals surface area contributed by atoms with Crippen molar-refractivity contribution < 1.29 is 14.6 Å². The molecule has 0 saturated carbocycles. The molecule has 1 rings (SSSR count). The molecule has 1 amide bonds. The van der Waals surface area contributed by atoms with Crippen molar-refractivity contribution in [2.24, 2.45) is 0 Å². The maximum Gasteiger partial charge on any atom is 0.236 e. The number of methoxy groups -OCH3 is 1. The van der Waals surface area contributed by atoms with E-state index in [1.54, 1.807) is 31.2 Å². The number of hydrogen-bond donors (Lipinski definition) is 2. The Labute approximate surface area is 114 Å². The predicted octanol–water partition coefficient (Wildman–Crippen LogP) is 0.797. The second kappa shape index (κ2) is 7.76. The number of nitrogens with zero attached hydrogens (tertiary/aromatic N) is 1. The Morgan fingerprint density at radius 3 is 2.58 bits per heavy atom. The highest BCUT2D eigenvalue weighted by atomic mass is 16.5. The first kappa shape index (κ1) is 15.5. The van der Waals surface area contributed by atoms with Crippen molar-refractivity contribution in [3.8, 4) is 5.75 Å². The lowest BCUT2D eigenvalue weighted by Gasteiger charge is -2.16. The van der Waals surface area contributed by atoms with Crippen molar-refractivity contribution >= 4 is 5.91 Å². The van der Waals surface area contributed by atoms with E-state index in [1.165, 1.54) is 0 Å². The van der Waals surface area contributed by atoms with Gasteiger partial charge in [-0.3, -0.25) is 4.79 Å². The van der Waals surface area contributed by atoms with E-state index in [9.17, 15) is 9.90 Å². The lowest BCUT2D eigenvalue weighted by molar-refractivity contribution is -0.128. The zero-order valence-corrected chi connectivity index (χ0v) is 11.7. The number of rotatable bonds is 7. The van der Waals surface area contributed by atoms with Crippen LogP contribution in [0.1, 0.15) is 18.6 Å². The molecule has 106 valence electrons. The van der Waals surface area contributed by atoms with E-state index >= 15 is 0 Å². The number of amides is 1. The van der Waals surface area contributed by atoms with Gasteiger partial charge in [-0.1, -0.05) is 12.1 Å². The van der Waals surface area contributed by atoms with Gasteiger partial charge in [-0.05, 0) is 24.6 Å². The van der Waals surface area contributed by atoms with Gasteiger partial charge in [0.05, 0.1) is 19.8 Å². The Morgan fingerprint density at radius 1 is 1.42 bits per heavy atom. The molecule has 1 atom stereocenters. The standard InChI is InChI=1S/C14H22N2O3/c1-4-16(2)14(18)10-15-9-13(17)11-5-7-12(19-3)8-6-11/h5-8,13,15,17H,4,9-10H2,1-3H3. The van der Waals surface area contributed by atoms with E-state index in [1.807, 2.05) is 19.1 Å². The van der Waals surface area contributed by atoms with Crippen molar-refractivity contribution in [3.63, 3.8) is 0 Å². The van der Waals surface area contributed by atoms with Gasteiger partial charge in [0.1, 0.15) is 5.75 Å². The molecule has 0 fully saturated rings. The Kier molecular flexibility index (Phi) is 6.32. The molecule has 0 radical (unpaired) electrons. The summed E-state index contributed by atoms with van der Waals surface area (Å²) in [6.07, 6.45) is -0.634. The van der Waals surface area contributed by atoms with E-state index in [-0.39, 0.29) is 12.5 Å². The van der Waals surface area contributed by atoms with Gasteiger partial charge < -0.3 is 20.1 Å². The van der Waals surface area contributed by atoms with Gasteiger partial charge in [0.15, 0.2) is 0 Å². The van der Waals surface area contributed by atoms with Crippen LogP contribution in [-0.2, 0) is 4.79 Å². The number of hydrogen-bond acceptors (Lipinski definition) is 4. The Bertz CT molecular complexity index is 392. The van der Waals surface area contributed by atoms with Crippen LogP contribution in [0.2, 0.25) is 0 Å². The normalized spacial score (nSPS) is 12.0. The first-order valence-corrected chi connectivity index (χ1v) is 6.35. The molecule has 0 aliphatic carbocycles. The molecule has 19 heavy (non-hydrogen) atoms.